The highest BCUT2D eigenvalue weighted by molar-refractivity contribution is 5.96. The summed E-state index contributed by atoms with van der Waals surface area (Å²) in [6.07, 6.45) is 3.60. The highest BCUT2D eigenvalue weighted by atomic mass is 16.5. The van der Waals surface area contributed by atoms with E-state index < -0.39 is 0 Å². The smallest absolute Gasteiger partial charge is 0.276 e. The van der Waals surface area contributed by atoms with Crippen LogP contribution in [0.25, 0.3) is 0 Å². The van der Waals surface area contributed by atoms with Gasteiger partial charge in [-0.15, -0.1) is 0 Å². The van der Waals surface area contributed by atoms with Gasteiger partial charge < -0.3 is 15.4 Å². The van der Waals surface area contributed by atoms with Crippen molar-refractivity contribution in [2.45, 2.75) is 19.4 Å². The Kier molecular flexibility index (Phi) is 4.93. The van der Waals surface area contributed by atoms with E-state index in [2.05, 4.69) is 9.97 Å². The van der Waals surface area contributed by atoms with E-state index in [1.54, 1.807) is 19.1 Å². The minimum Gasteiger partial charge on any atom is -0.496 e. The maximum Gasteiger partial charge on any atom is 0.276 e. The molecule has 0 saturated heterocycles. The molecular formula is C16H20N4O2. The predicted molar refractivity (Wildman–Crippen MR) is 84.7 cm³/mol. The Morgan fingerprint density at radius 1 is 1.32 bits per heavy atom. The highest BCUT2D eigenvalue weighted by Gasteiger charge is 2.22. The van der Waals surface area contributed by atoms with Gasteiger partial charge in [0.2, 0.25) is 0 Å². The normalized spacial score (nSPS) is 11.8. The van der Waals surface area contributed by atoms with Crippen molar-refractivity contribution in [2.75, 3.05) is 19.9 Å². The summed E-state index contributed by atoms with van der Waals surface area (Å²) in [4.78, 5) is 22.0. The molecule has 1 heterocycles. The number of para-hydroxylation sites is 1. The molecule has 0 aliphatic heterocycles. The number of aromatic nitrogens is 2. The summed E-state index contributed by atoms with van der Waals surface area (Å²) in [7, 11) is 3.37. The second-order valence-electron chi connectivity index (χ2n) is 5.07. The van der Waals surface area contributed by atoms with E-state index in [9.17, 15) is 4.79 Å². The number of carbonyl (C=O) groups excluding carboxylic acids is 1. The number of anilines is 1. The molecule has 1 aromatic carbocycles. The van der Waals surface area contributed by atoms with Crippen LogP contribution in [0.5, 0.6) is 5.75 Å². The Labute approximate surface area is 129 Å². The second kappa shape index (κ2) is 6.89. The van der Waals surface area contributed by atoms with Gasteiger partial charge in [0.1, 0.15) is 5.75 Å². The quantitative estimate of drug-likeness (QED) is 0.910. The standard InChI is InChI=1S/C16H20N4O2/c1-11(10-12-6-4-5-7-13(12)22-3)20(2)16(21)14-15(17)19-9-8-18-14/h4-9,11H,10H2,1-3H3,(H2,17,19)/t11-/m0/s1. The van der Waals surface area contributed by atoms with Gasteiger partial charge >= 0.3 is 0 Å². The van der Waals surface area contributed by atoms with Gasteiger partial charge in [-0.1, -0.05) is 18.2 Å². The number of carbonyl (C=O) groups is 1. The van der Waals surface area contributed by atoms with Crippen molar-refractivity contribution in [3.8, 4) is 5.75 Å². The van der Waals surface area contributed by atoms with Gasteiger partial charge in [0, 0.05) is 25.5 Å². The number of nitrogens with zero attached hydrogens (tertiary/aromatic N) is 3. The molecule has 1 atom stereocenters. The van der Waals surface area contributed by atoms with Gasteiger partial charge in [0.05, 0.1) is 7.11 Å². The molecular weight excluding hydrogens is 280 g/mol. The van der Waals surface area contributed by atoms with Crippen molar-refractivity contribution in [3.63, 3.8) is 0 Å². The Bertz CT molecular complexity index is 660. The van der Waals surface area contributed by atoms with Crippen LogP contribution in [0.4, 0.5) is 5.82 Å². The number of benzene rings is 1. The molecule has 6 heteroatoms. The molecule has 0 saturated carbocycles. The molecule has 22 heavy (non-hydrogen) atoms. The number of rotatable bonds is 5. The molecule has 2 aromatic rings. The third kappa shape index (κ3) is 3.33. The first-order valence-electron chi connectivity index (χ1n) is 7.00. The Balaban J connectivity index is 2.14. The number of amides is 1. The van der Waals surface area contributed by atoms with E-state index in [0.29, 0.717) is 6.42 Å². The fourth-order valence-electron chi connectivity index (χ4n) is 2.21. The lowest BCUT2D eigenvalue weighted by Gasteiger charge is -2.25. The van der Waals surface area contributed by atoms with Crippen LogP contribution in [0, 0.1) is 0 Å². The molecule has 0 bridgehead atoms. The van der Waals surface area contributed by atoms with E-state index in [4.69, 9.17) is 10.5 Å². The second-order valence-corrected chi connectivity index (χ2v) is 5.07. The zero-order valence-corrected chi connectivity index (χ0v) is 13.0. The summed E-state index contributed by atoms with van der Waals surface area (Å²) >= 11 is 0. The van der Waals surface area contributed by atoms with Crippen LogP contribution < -0.4 is 10.5 Å². The molecule has 0 unspecified atom stereocenters. The number of methoxy groups -OCH3 is 1. The average molecular weight is 300 g/mol. The monoisotopic (exact) mass is 300 g/mol. The molecule has 2 rings (SSSR count). The third-order valence-electron chi connectivity index (χ3n) is 3.62. The van der Waals surface area contributed by atoms with Gasteiger partial charge in [-0.05, 0) is 25.0 Å². The number of hydrogen-bond donors (Lipinski definition) is 1. The first-order chi connectivity index (χ1) is 10.5. The zero-order chi connectivity index (χ0) is 16.1. The summed E-state index contributed by atoms with van der Waals surface area (Å²) in [5, 5.41) is 0. The molecule has 0 spiro atoms. The number of ether oxygens (including phenoxy) is 1. The molecule has 0 fully saturated rings. The Hall–Kier alpha value is -2.63. The average Bonchev–Trinajstić information content (AvgIpc) is 2.54. The van der Waals surface area contributed by atoms with Crippen molar-refractivity contribution in [3.05, 3.63) is 47.9 Å². The topological polar surface area (TPSA) is 81.3 Å². The van der Waals surface area contributed by atoms with E-state index in [1.165, 1.54) is 12.4 Å². The summed E-state index contributed by atoms with van der Waals surface area (Å²) in [6, 6.07) is 7.73. The summed E-state index contributed by atoms with van der Waals surface area (Å²) in [5.74, 6) is 0.714. The number of nitrogen functional groups attached to an aromatic ring is 1. The van der Waals surface area contributed by atoms with Crippen LogP contribution in [-0.4, -0.2) is 41.0 Å². The van der Waals surface area contributed by atoms with Crippen LogP contribution in [0.3, 0.4) is 0 Å². The third-order valence-corrected chi connectivity index (χ3v) is 3.62. The van der Waals surface area contributed by atoms with E-state index >= 15 is 0 Å². The largest absolute Gasteiger partial charge is 0.496 e. The minimum atomic E-state index is -0.243. The molecule has 0 radical (unpaired) electrons. The van der Waals surface area contributed by atoms with Crippen LogP contribution in [0.1, 0.15) is 23.0 Å². The Morgan fingerprint density at radius 3 is 2.68 bits per heavy atom. The first kappa shape index (κ1) is 15.8. The fraction of sp³-hybridized carbons (Fsp3) is 0.312. The summed E-state index contributed by atoms with van der Waals surface area (Å²) < 4.78 is 5.34. The van der Waals surface area contributed by atoms with Gasteiger partial charge in [0.15, 0.2) is 11.5 Å². The molecule has 0 aliphatic carbocycles. The zero-order valence-electron chi connectivity index (χ0n) is 13.0. The van der Waals surface area contributed by atoms with Gasteiger partial charge in [0.25, 0.3) is 5.91 Å². The van der Waals surface area contributed by atoms with Crippen LogP contribution in [0.15, 0.2) is 36.7 Å². The molecule has 1 amide bonds. The number of likely N-dealkylation sites (N-methyl/N-ethyl adjacent to an activating group) is 1. The Morgan fingerprint density at radius 2 is 2.00 bits per heavy atom. The van der Waals surface area contributed by atoms with Crippen molar-refractivity contribution in [1.82, 2.24) is 14.9 Å². The maximum atomic E-state index is 12.5. The van der Waals surface area contributed by atoms with Crippen molar-refractivity contribution >= 4 is 11.7 Å². The molecule has 2 N–H and O–H groups in total. The molecule has 1 aromatic heterocycles. The fourth-order valence-corrected chi connectivity index (χ4v) is 2.21. The molecule has 6 nitrogen and oxygen atoms in total. The van der Waals surface area contributed by atoms with Crippen LogP contribution in [-0.2, 0) is 6.42 Å². The van der Waals surface area contributed by atoms with Crippen LogP contribution in [0.2, 0.25) is 0 Å². The van der Waals surface area contributed by atoms with E-state index in [-0.39, 0.29) is 23.5 Å². The van der Waals surface area contributed by atoms with Crippen molar-refractivity contribution in [2.24, 2.45) is 0 Å². The first-order valence-corrected chi connectivity index (χ1v) is 7.00. The highest BCUT2D eigenvalue weighted by Crippen LogP contribution is 2.21. The number of hydrogen-bond acceptors (Lipinski definition) is 5. The van der Waals surface area contributed by atoms with Gasteiger partial charge in [-0.3, -0.25) is 4.79 Å². The van der Waals surface area contributed by atoms with E-state index in [0.717, 1.165) is 11.3 Å². The lowest BCUT2D eigenvalue weighted by atomic mass is 10.0. The molecule has 116 valence electrons. The maximum absolute atomic E-state index is 12.5. The van der Waals surface area contributed by atoms with Crippen molar-refractivity contribution in [1.29, 1.82) is 0 Å². The lowest BCUT2D eigenvalue weighted by Crippen LogP contribution is -2.37. The van der Waals surface area contributed by atoms with E-state index in [1.807, 2.05) is 31.2 Å². The van der Waals surface area contributed by atoms with Crippen LogP contribution >= 0.6 is 0 Å². The predicted octanol–water partition coefficient (Wildman–Crippen LogP) is 1.77. The summed E-state index contributed by atoms with van der Waals surface area (Å²) in [6.45, 7) is 1.97. The number of nitrogens with two attached hydrogens (primary N) is 1. The molecule has 0 aliphatic rings. The lowest BCUT2D eigenvalue weighted by molar-refractivity contribution is 0.0738. The SMILES string of the molecule is COc1ccccc1C[C@H](C)N(C)C(=O)c1nccnc1N. The van der Waals surface area contributed by atoms with Gasteiger partial charge in [-0.2, -0.15) is 0 Å². The summed E-state index contributed by atoms with van der Waals surface area (Å²) in [5.41, 5.74) is 6.94. The van der Waals surface area contributed by atoms with Crippen molar-refractivity contribution < 1.29 is 9.53 Å². The van der Waals surface area contributed by atoms with Gasteiger partial charge in [-0.25, -0.2) is 9.97 Å². The minimum absolute atomic E-state index is 0.0368.